The van der Waals surface area contributed by atoms with Crippen LogP contribution in [0.3, 0.4) is 0 Å². The molecule has 0 aromatic heterocycles. The summed E-state index contributed by atoms with van der Waals surface area (Å²) in [5.41, 5.74) is -0.324. The second-order valence-electron chi connectivity index (χ2n) is 4.73. The van der Waals surface area contributed by atoms with Gasteiger partial charge < -0.3 is 15.2 Å². The molecule has 106 valence electrons. The van der Waals surface area contributed by atoms with Crippen molar-refractivity contribution in [1.82, 2.24) is 5.32 Å². The smallest absolute Gasteiger partial charge is 0.329 e. The van der Waals surface area contributed by atoms with E-state index in [1.165, 1.54) is 6.08 Å². The molecule has 0 atom stereocenters. The Kier molecular flexibility index (Phi) is 4.53. The molecule has 0 unspecified atom stereocenters. The van der Waals surface area contributed by atoms with Gasteiger partial charge in [0, 0.05) is 32.1 Å². The van der Waals surface area contributed by atoms with Gasteiger partial charge in [-0.05, 0) is 11.6 Å². The van der Waals surface area contributed by atoms with Gasteiger partial charge in [0.25, 0.3) is 0 Å². The fourth-order valence-electron chi connectivity index (χ4n) is 2.13. The quantitative estimate of drug-likeness (QED) is 0.815. The van der Waals surface area contributed by atoms with Gasteiger partial charge in [-0.1, -0.05) is 30.3 Å². The lowest BCUT2D eigenvalue weighted by atomic mass is 9.90. The highest BCUT2D eigenvalue weighted by Crippen LogP contribution is 2.21. The highest BCUT2D eigenvalue weighted by atomic mass is 16.5. The van der Waals surface area contributed by atoms with E-state index in [4.69, 9.17) is 4.74 Å². The molecule has 1 aromatic carbocycles. The first-order chi connectivity index (χ1) is 9.62. The van der Waals surface area contributed by atoms with E-state index in [2.05, 4.69) is 5.32 Å². The number of carboxylic acids is 1. The summed E-state index contributed by atoms with van der Waals surface area (Å²) < 4.78 is 5.15. The van der Waals surface area contributed by atoms with Crippen molar-refractivity contribution in [3.63, 3.8) is 0 Å². The minimum atomic E-state index is -1.21. The van der Waals surface area contributed by atoms with Crippen molar-refractivity contribution in [3.05, 3.63) is 42.0 Å². The second-order valence-corrected chi connectivity index (χ2v) is 4.73. The number of benzene rings is 1. The van der Waals surface area contributed by atoms with Crippen LogP contribution in [0.4, 0.5) is 0 Å². The number of hydrogen-bond acceptors (Lipinski definition) is 3. The number of nitrogens with one attached hydrogen (secondary N) is 1. The van der Waals surface area contributed by atoms with E-state index in [1.54, 1.807) is 6.08 Å². The summed E-state index contributed by atoms with van der Waals surface area (Å²) in [5.74, 6) is -1.42. The molecular formula is C15H17NO4. The number of carbonyl (C=O) groups excluding carboxylic acids is 1. The molecule has 0 spiro atoms. The number of carbonyl (C=O) groups is 2. The molecule has 1 fully saturated rings. The molecule has 1 aliphatic heterocycles. The van der Waals surface area contributed by atoms with Gasteiger partial charge in [0.2, 0.25) is 5.91 Å². The molecule has 1 heterocycles. The summed E-state index contributed by atoms with van der Waals surface area (Å²) in [6, 6.07) is 9.36. The number of hydrogen-bond donors (Lipinski definition) is 2. The molecule has 1 aliphatic rings. The van der Waals surface area contributed by atoms with Crippen LogP contribution in [-0.4, -0.2) is 35.7 Å². The molecule has 0 bridgehead atoms. The van der Waals surface area contributed by atoms with Crippen molar-refractivity contribution in [1.29, 1.82) is 0 Å². The highest BCUT2D eigenvalue weighted by Gasteiger charge is 2.41. The predicted octanol–water partition coefficient (Wildman–Crippen LogP) is 1.45. The summed E-state index contributed by atoms with van der Waals surface area (Å²) in [6.07, 6.45) is 3.58. The van der Waals surface area contributed by atoms with Crippen LogP contribution in [-0.2, 0) is 14.3 Å². The van der Waals surface area contributed by atoms with E-state index in [9.17, 15) is 14.7 Å². The van der Waals surface area contributed by atoms with Crippen LogP contribution in [0.5, 0.6) is 0 Å². The molecule has 0 radical (unpaired) electrons. The second kappa shape index (κ2) is 6.34. The maximum atomic E-state index is 11.9. The monoisotopic (exact) mass is 275 g/mol. The predicted molar refractivity (Wildman–Crippen MR) is 74.0 cm³/mol. The number of carboxylic acid groups (broad SMARTS) is 1. The first kappa shape index (κ1) is 14.3. The number of ether oxygens (including phenoxy) is 1. The van der Waals surface area contributed by atoms with Crippen molar-refractivity contribution >= 4 is 18.0 Å². The Balaban J connectivity index is 2.02. The van der Waals surface area contributed by atoms with Crippen molar-refractivity contribution in [2.24, 2.45) is 0 Å². The van der Waals surface area contributed by atoms with Gasteiger partial charge in [0.05, 0.1) is 0 Å². The summed E-state index contributed by atoms with van der Waals surface area (Å²) in [7, 11) is 0. The van der Waals surface area contributed by atoms with Crippen LogP contribution >= 0.6 is 0 Å². The fourth-order valence-corrected chi connectivity index (χ4v) is 2.13. The van der Waals surface area contributed by atoms with E-state index in [0.29, 0.717) is 13.2 Å². The fraction of sp³-hybridized carbons (Fsp3) is 0.333. The van der Waals surface area contributed by atoms with Gasteiger partial charge in [0.1, 0.15) is 5.54 Å². The highest BCUT2D eigenvalue weighted by molar-refractivity contribution is 5.95. The normalized spacial score (nSPS) is 17.8. The Morgan fingerprint density at radius 3 is 2.45 bits per heavy atom. The molecule has 2 N–H and O–H groups in total. The van der Waals surface area contributed by atoms with Crippen LogP contribution in [0.2, 0.25) is 0 Å². The SMILES string of the molecule is O=C(/C=C/c1ccccc1)NC1(C(=O)O)CCOCC1. The number of amides is 1. The number of aliphatic carboxylic acids is 1. The van der Waals surface area contributed by atoms with Crippen molar-refractivity contribution < 1.29 is 19.4 Å². The first-order valence-corrected chi connectivity index (χ1v) is 6.49. The lowest BCUT2D eigenvalue weighted by Gasteiger charge is -2.33. The zero-order valence-corrected chi connectivity index (χ0v) is 11.0. The molecule has 1 amide bonds. The molecule has 20 heavy (non-hydrogen) atoms. The molecule has 5 heteroatoms. The Hall–Kier alpha value is -2.14. The average molecular weight is 275 g/mol. The van der Waals surface area contributed by atoms with E-state index in [-0.39, 0.29) is 12.8 Å². The van der Waals surface area contributed by atoms with Crippen molar-refractivity contribution in [2.45, 2.75) is 18.4 Å². The topological polar surface area (TPSA) is 75.6 Å². The minimum Gasteiger partial charge on any atom is -0.480 e. The van der Waals surface area contributed by atoms with Crippen LogP contribution in [0.1, 0.15) is 18.4 Å². The van der Waals surface area contributed by atoms with Gasteiger partial charge in [-0.2, -0.15) is 0 Å². The molecule has 0 saturated carbocycles. The molecule has 1 aromatic rings. The van der Waals surface area contributed by atoms with Gasteiger partial charge in [-0.3, -0.25) is 4.79 Å². The van der Waals surface area contributed by atoms with Crippen LogP contribution < -0.4 is 5.32 Å². The Morgan fingerprint density at radius 2 is 1.85 bits per heavy atom. The minimum absolute atomic E-state index is 0.285. The zero-order chi connectivity index (χ0) is 14.4. The lowest BCUT2D eigenvalue weighted by Crippen LogP contribution is -2.57. The van der Waals surface area contributed by atoms with Crippen LogP contribution in [0.15, 0.2) is 36.4 Å². The van der Waals surface area contributed by atoms with E-state index >= 15 is 0 Å². The number of rotatable bonds is 4. The first-order valence-electron chi connectivity index (χ1n) is 6.49. The van der Waals surface area contributed by atoms with Crippen molar-refractivity contribution in [2.75, 3.05) is 13.2 Å². The summed E-state index contributed by atoms with van der Waals surface area (Å²) in [4.78, 5) is 23.3. The molecule has 5 nitrogen and oxygen atoms in total. The third kappa shape index (κ3) is 3.45. The third-order valence-electron chi connectivity index (χ3n) is 3.34. The maximum Gasteiger partial charge on any atom is 0.329 e. The third-order valence-corrected chi connectivity index (χ3v) is 3.34. The van der Waals surface area contributed by atoms with E-state index in [1.807, 2.05) is 30.3 Å². The van der Waals surface area contributed by atoms with Gasteiger partial charge in [0.15, 0.2) is 0 Å². The maximum absolute atomic E-state index is 11.9. The van der Waals surface area contributed by atoms with Crippen LogP contribution in [0.25, 0.3) is 6.08 Å². The van der Waals surface area contributed by atoms with Gasteiger partial charge >= 0.3 is 5.97 Å². The Labute approximate surface area is 117 Å². The zero-order valence-electron chi connectivity index (χ0n) is 11.0. The van der Waals surface area contributed by atoms with E-state index in [0.717, 1.165) is 5.56 Å². The van der Waals surface area contributed by atoms with Crippen LogP contribution in [0, 0.1) is 0 Å². The van der Waals surface area contributed by atoms with E-state index < -0.39 is 17.4 Å². The average Bonchev–Trinajstić information content (AvgIpc) is 2.47. The molecule has 2 rings (SSSR count). The molecule has 0 aliphatic carbocycles. The molecule has 1 saturated heterocycles. The van der Waals surface area contributed by atoms with Crippen molar-refractivity contribution in [3.8, 4) is 0 Å². The summed E-state index contributed by atoms with van der Waals surface area (Å²) in [5, 5.41) is 11.9. The van der Waals surface area contributed by atoms with Gasteiger partial charge in [-0.15, -0.1) is 0 Å². The summed E-state index contributed by atoms with van der Waals surface area (Å²) in [6.45, 7) is 0.684. The Morgan fingerprint density at radius 1 is 1.20 bits per heavy atom. The Bertz CT molecular complexity index is 504. The van der Waals surface area contributed by atoms with Gasteiger partial charge in [-0.25, -0.2) is 4.79 Å². The lowest BCUT2D eigenvalue weighted by molar-refractivity contribution is -0.151. The standard InChI is InChI=1S/C15H17NO4/c17-13(7-6-12-4-2-1-3-5-12)16-15(14(18)19)8-10-20-11-9-15/h1-7H,8-11H2,(H,16,17)(H,18,19)/b7-6+. The summed E-state index contributed by atoms with van der Waals surface area (Å²) >= 11 is 0. The largest absolute Gasteiger partial charge is 0.480 e. The molecular weight excluding hydrogens is 258 g/mol.